The highest BCUT2D eigenvalue weighted by Gasteiger charge is 2.44. The van der Waals surface area contributed by atoms with Gasteiger partial charge in [0.15, 0.2) is 0 Å². The molecule has 3 rings (SSSR count). The quantitative estimate of drug-likeness (QED) is 0.235. The molecule has 0 aliphatic heterocycles. The van der Waals surface area contributed by atoms with E-state index >= 15 is 0 Å². The molecule has 2 aromatic rings. The number of ether oxygens (including phenoxy) is 1. The topological polar surface area (TPSA) is 9.23 Å². The van der Waals surface area contributed by atoms with Gasteiger partial charge in [0, 0.05) is 0 Å². The lowest BCUT2D eigenvalue weighted by Gasteiger charge is -2.29. The van der Waals surface area contributed by atoms with E-state index in [-0.39, 0.29) is 30.1 Å². The Morgan fingerprint density at radius 3 is 2.09 bits per heavy atom. The second kappa shape index (κ2) is 11.8. The van der Waals surface area contributed by atoms with E-state index in [9.17, 15) is 26.3 Å². The lowest BCUT2D eigenvalue weighted by molar-refractivity contribution is -0.253. The molecule has 182 valence electrons. The first kappa shape index (κ1) is 25.4. The third kappa shape index (κ3) is 7.15. The molecule has 1 fully saturated rings. The van der Waals surface area contributed by atoms with E-state index in [0.717, 1.165) is 68.1 Å². The highest BCUT2D eigenvalue weighted by atomic mass is 19.3. The Balaban J connectivity index is 1.51. The molecule has 0 bridgehead atoms. The maximum atomic E-state index is 14.7. The Morgan fingerprint density at radius 1 is 0.848 bits per heavy atom. The fourth-order valence-corrected chi connectivity index (χ4v) is 4.58. The Morgan fingerprint density at radius 2 is 1.48 bits per heavy atom. The van der Waals surface area contributed by atoms with Gasteiger partial charge in [0.2, 0.25) is 0 Å². The van der Waals surface area contributed by atoms with E-state index in [1.165, 1.54) is 12.1 Å². The molecule has 7 heteroatoms. The molecule has 0 atom stereocenters. The zero-order valence-corrected chi connectivity index (χ0v) is 18.5. The smallest absolute Gasteiger partial charge is 0.428 e. The van der Waals surface area contributed by atoms with Gasteiger partial charge >= 0.3 is 12.5 Å². The predicted molar refractivity (Wildman–Crippen MR) is 117 cm³/mol. The second-order valence-corrected chi connectivity index (χ2v) is 8.79. The maximum Gasteiger partial charge on any atom is 0.461 e. The van der Waals surface area contributed by atoms with E-state index < -0.39 is 12.5 Å². The van der Waals surface area contributed by atoms with Crippen molar-refractivity contribution in [1.82, 2.24) is 0 Å². The van der Waals surface area contributed by atoms with Gasteiger partial charge in [-0.15, -0.1) is 0 Å². The third-order valence-electron chi connectivity index (χ3n) is 6.44. The van der Waals surface area contributed by atoms with Crippen LogP contribution in [0, 0.1) is 5.82 Å². The van der Waals surface area contributed by atoms with E-state index in [4.69, 9.17) is 0 Å². The number of rotatable bonds is 11. The summed E-state index contributed by atoms with van der Waals surface area (Å²) < 4.78 is 81.6. The number of alkyl halides is 5. The van der Waals surface area contributed by atoms with Crippen molar-refractivity contribution in [2.45, 2.75) is 82.2 Å². The van der Waals surface area contributed by atoms with Crippen molar-refractivity contribution in [3.05, 3.63) is 65.0 Å². The van der Waals surface area contributed by atoms with Crippen molar-refractivity contribution in [1.29, 1.82) is 0 Å². The summed E-state index contributed by atoms with van der Waals surface area (Å²) >= 11 is 0. The highest BCUT2D eigenvalue weighted by Crippen LogP contribution is 2.41. The summed E-state index contributed by atoms with van der Waals surface area (Å²) in [5.74, 6) is -0.145. The van der Waals surface area contributed by atoms with Gasteiger partial charge in [-0.1, -0.05) is 37.1 Å². The van der Waals surface area contributed by atoms with Crippen molar-refractivity contribution in [2.75, 3.05) is 6.67 Å². The summed E-state index contributed by atoms with van der Waals surface area (Å²) in [4.78, 5) is 0. The summed E-state index contributed by atoms with van der Waals surface area (Å²) in [7, 11) is 0. The van der Waals surface area contributed by atoms with Crippen molar-refractivity contribution in [3.63, 3.8) is 0 Å². The number of unbranched alkanes of at least 4 members (excludes halogenated alkanes) is 3. The minimum absolute atomic E-state index is 0.132. The van der Waals surface area contributed by atoms with Crippen LogP contribution in [0.25, 0.3) is 0 Å². The first-order valence-corrected chi connectivity index (χ1v) is 11.6. The van der Waals surface area contributed by atoms with Crippen molar-refractivity contribution in [3.8, 4) is 5.75 Å². The van der Waals surface area contributed by atoms with Gasteiger partial charge in [0.1, 0.15) is 11.6 Å². The Bertz CT molecular complexity index is 860. The normalized spacial score (nSPS) is 19.1. The molecule has 0 unspecified atom stereocenters. The summed E-state index contributed by atoms with van der Waals surface area (Å²) in [5, 5.41) is 0. The minimum Gasteiger partial charge on any atom is -0.428 e. The van der Waals surface area contributed by atoms with Gasteiger partial charge < -0.3 is 4.74 Å². The predicted octanol–water partition coefficient (Wildman–Crippen LogP) is 8.58. The SMILES string of the molecule is FCCCCCCc1ccc(C2CCC(c3ccc(OC(F)(F)C(F)F)cc3)CC2)c(F)c1. The first-order chi connectivity index (χ1) is 15.8. The Labute approximate surface area is 191 Å². The number of aryl methyl sites for hydroxylation is 1. The molecule has 0 spiro atoms. The van der Waals surface area contributed by atoms with Gasteiger partial charge in [-0.3, -0.25) is 4.39 Å². The fourth-order valence-electron chi connectivity index (χ4n) is 4.58. The van der Waals surface area contributed by atoms with Gasteiger partial charge in [-0.2, -0.15) is 17.6 Å². The maximum absolute atomic E-state index is 14.7. The van der Waals surface area contributed by atoms with Crippen LogP contribution in [0.2, 0.25) is 0 Å². The number of halogens is 6. The number of hydrogen-bond donors (Lipinski definition) is 0. The van der Waals surface area contributed by atoms with Crippen LogP contribution in [0.15, 0.2) is 42.5 Å². The standard InChI is InChI=1S/C26H30F6O/c27-16-4-2-1-3-5-18-6-15-23(24(28)17-18)21-9-7-19(8-10-21)20-11-13-22(14-12-20)33-26(31,32)25(29)30/h6,11-15,17,19,21,25H,1-5,7-10,16H2. The highest BCUT2D eigenvalue weighted by molar-refractivity contribution is 5.31. The molecule has 1 aliphatic carbocycles. The average Bonchev–Trinajstić information content (AvgIpc) is 2.79. The van der Waals surface area contributed by atoms with E-state index in [0.29, 0.717) is 6.42 Å². The summed E-state index contributed by atoms with van der Waals surface area (Å²) in [5.41, 5.74) is 2.63. The van der Waals surface area contributed by atoms with Crippen LogP contribution >= 0.6 is 0 Å². The van der Waals surface area contributed by atoms with Crippen LogP contribution in [-0.2, 0) is 6.42 Å². The van der Waals surface area contributed by atoms with Crippen molar-refractivity contribution in [2.24, 2.45) is 0 Å². The average molecular weight is 473 g/mol. The molecule has 0 heterocycles. The molecular formula is C26H30F6O. The summed E-state index contributed by atoms with van der Waals surface area (Å²) in [6.45, 7) is -0.286. The molecule has 33 heavy (non-hydrogen) atoms. The molecule has 0 aromatic heterocycles. The van der Waals surface area contributed by atoms with E-state index in [1.807, 2.05) is 12.1 Å². The fraction of sp³-hybridized carbons (Fsp3) is 0.538. The van der Waals surface area contributed by atoms with Crippen LogP contribution < -0.4 is 4.74 Å². The van der Waals surface area contributed by atoms with Gasteiger partial charge in [0.25, 0.3) is 0 Å². The van der Waals surface area contributed by atoms with Crippen molar-refractivity contribution >= 4 is 0 Å². The molecule has 1 aliphatic rings. The Kier molecular flexibility index (Phi) is 9.10. The van der Waals surface area contributed by atoms with Crippen molar-refractivity contribution < 1.29 is 31.1 Å². The minimum atomic E-state index is -4.52. The third-order valence-corrected chi connectivity index (χ3v) is 6.44. The van der Waals surface area contributed by atoms with Gasteiger partial charge in [-0.25, -0.2) is 4.39 Å². The number of benzene rings is 2. The van der Waals surface area contributed by atoms with E-state index in [2.05, 4.69) is 4.74 Å². The van der Waals surface area contributed by atoms with Gasteiger partial charge in [-0.05, 0) is 91.7 Å². The molecule has 1 saturated carbocycles. The van der Waals surface area contributed by atoms with Crippen LogP contribution in [0.3, 0.4) is 0 Å². The molecule has 1 nitrogen and oxygen atoms in total. The molecule has 0 amide bonds. The first-order valence-electron chi connectivity index (χ1n) is 11.6. The van der Waals surface area contributed by atoms with Crippen LogP contribution in [-0.4, -0.2) is 19.2 Å². The summed E-state index contributed by atoms with van der Waals surface area (Å²) in [6, 6.07) is 11.3. The molecule has 2 aromatic carbocycles. The van der Waals surface area contributed by atoms with Crippen LogP contribution in [0.4, 0.5) is 26.3 Å². The lowest BCUT2D eigenvalue weighted by Crippen LogP contribution is -2.33. The molecule has 0 saturated heterocycles. The Hall–Kier alpha value is -2.18. The molecular weight excluding hydrogens is 442 g/mol. The summed E-state index contributed by atoms with van der Waals surface area (Å²) in [6.07, 6.45) is -1.03. The van der Waals surface area contributed by atoms with E-state index in [1.54, 1.807) is 18.2 Å². The zero-order valence-electron chi connectivity index (χ0n) is 18.5. The van der Waals surface area contributed by atoms with Crippen LogP contribution in [0.5, 0.6) is 5.75 Å². The molecule has 0 N–H and O–H groups in total. The monoisotopic (exact) mass is 472 g/mol. The second-order valence-electron chi connectivity index (χ2n) is 8.79. The lowest BCUT2D eigenvalue weighted by atomic mass is 9.76. The molecule has 0 radical (unpaired) electrons. The van der Waals surface area contributed by atoms with Crippen LogP contribution in [0.1, 0.15) is 79.9 Å². The zero-order chi connectivity index (χ0) is 23.8. The van der Waals surface area contributed by atoms with Gasteiger partial charge in [0.05, 0.1) is 6.67 Å². The number of hydrogen-bond acceptors (Lipinski definition) is 1. The largest absolute Gasteiger partial charge is 0.461 e.